The van der Waals surface area contributed by atoms with Crippen LogP contribution >= 0.6 is 0 Å². The summed E-state index contributed by atoms with van der Waals surface area (Å²) in [5.74, 6) is -0.291. The molecule has 2 aromatic rings. The van der Waals surface area contributed by atoms with E-state index in [0.29, 0.717) is 24.4 Å². The number of hydrogen-bond acceptors (Lipinski definition) is 3. The van der Waals surface area contributed by atoms with Crippen LogP contribution < -0.4 is 0 Å². The lowest BCUT2D eigenvalue weighted by Crippen LogP contribution is -2.06. The third-order valence-electron chi connectivity index (χ3n) is 2.69. The van der Waals surface area contributed by atoms with Gasteiger partial charge in [-0.15, -0.1) is 0 Å². The van der Waals surface area contributed by atoms with Gasteiger partial charge in [0, 0.05) is 18.7 Å². The van der Waals surface area contributed by atoms with E-state index in [-0.39, 0.29) is 19.0 Å². The number of halogens is 1. The van der Waals surface area contributed by atoms with Crippen molar-refractivity contribution in [1.29, 1.82) is 0 Å². The van der Waals surface area contributed by atoms with Crippen LogP contribution in [0.2, 0.25) is 0 Å². The van der Waals surface area contributed by atoms with Crippen molar-refractivity contribution in [2.24, 2.45) is 0 Å². The highest BCUT2D eigenvalue weighted by atomic mass is 19.1. The minimum absolute atomic E-state index is 0.0800. The van der Waals surface area contributed by atoms with E-state index in [2.05, 4.69) is 5.10 Å². The standard InChI is InChI=1S/C13H15FN2O2/c14-11-4-2-10(3-5-11)13-8-12(9-18)16(15-13)6-1-7-17/h2-5,8,17-18H,1,6-7,9H2. The topological polar surface area (TPSA) is 58.3 Å². The lowest BCUT2D eigenvalue weighted by molar-refractivity contribution is 0.255. The maximum absolute atomic E-state index is 12.8. The minimum Gasteiger partial charge on any atom is -0.396 e. The van der Waals surface area contributed by atoms with E-state index in [9.17, 15) is 9.50 Å². The van der Waals surface area contributed by atoms with Gasteiger partial charge in [-0.05, 0) is 36.8 Å². The summed E-state index contributed by atoms with van der Waals surface area (Å²) >= 11 is 0. The Morgan fingerprint density at radius 3 is 2.50 bits per heavy atom. The molecule has 0 radical (unpaired) electrons. The molecule has 18 heavy (non-hydrogen) atoms. The van der Waals surface area contributed by atoms with Crippen molar-refractivity contribution in [3.63, 3.8) is 0 Å². The number of aliphatic hydroxyl groups excluding tert-OH is 2. The fourth-order valence-corrected chi connectivity index (χ4v) is 1.76. The van der Waals surface area contributed by atoms with Crippen LogP contribution in [0.4, 0.5) is 4.39 Å². The van der Waals surface area contributed by atoms with E-state index < -0.39 is 0 Å². The van der Waals surface area contributed by atoms with E-state index in [1.54, 1.807) is 22.9 Å². The summed E-state index contributed by atoms with van der Waals surface area (Å²) < 4.78 is 14.5. The molecule has 0 atom stereocenters. The van der Waals surface area contributed by atoms with Gasteiger partial charge in [0.1, 0.15) is 5.82 Å². The third-order valence-corrected chi connectivity index (χ3v) is 2.69. The quantitative estimate of drug-likeness (QED) is 0.846. The number of rotatable bonds is 5. The lowest BCUT2D eigenvalue weighted by Gasteiger charge is -2.03. The van der Waals surface area contributed by atoms with Gasteiger partial charge in [-0.3, -0.25) is 4.68 Å². The number of hydrogen-bond donors (Lipinski definition) is 2. The van der Waals surface area contributed by atoms with Crippen molar-refractivity contribution in [2.75, 3.05) is 6.61 Å². The summed E-state index contributed by atoms with van der Waals surface area (Å²) in [4.78, 5) is 0. The molecule has 2 rings (SSSR count). The van der Waals surface area contributed by atoms with Crippen molar-refractivity contribution in [1.82, 2.24) is 9.78 Å². The number of aliphatic hydroxyl groups is 2. The van der Waals surface area contributed by atoms with E-state index in [1.807, 2.05) is 0 Å². The SMILES string of the molecule is OCCCn1nc(-c2ccc(F)cc2)cc1CO. The van der Waals surface area contributed by atoms with E-state index in [1.165, 1.54) is 12.1 Å². The summed E-state index contributed by atoms with van der Waals surface area (Å²) in [7, 11) is 0. The Morgan fingerprint density at radius 2 is 1.89 bits per heavy atom. The maximum Gasteiger partial charge on any atom is 0.123 e. The molecule has 0 aliphatic rings. The molecule has 0 amide bonds. The molecule has 0 saturated carbocycles. The van der Waals surface area contributed by atoms with Crippen LogP contribution in [0.3, 0.4) is 0 Å². The van der Waals surface area contributed by atoms with Crippen LogP contribution in [0.5, 0.6) is 0 Å². The Hall–Kier alpha value is -1.72. The van der Waals surface area contributed by atoms with Gasteiger partial charge in [-0.25, -0.2) is 4.39 Å². The second kappa shape index (κ2) is 5.75. The van der Waals surface area contributed by atoms with E-state index in [0.717, 1.165) is 5.56 Å². The van der Waals surface area contributed by atoms with Gasteiger partial charge >= 0.3 is 0 Å². The molecule has 0 spiro atoms. The zero-order valence-corrected chi connectivity index (χ0v) is 9.88. The highest BCUT2D eigenvalue weighted by Gasteiger charge is 2.08. The van der Waals surface area contributed by atoms with Crippen molar-refractivity contribution in [3.05, 3.63) is 41.8 Å². The van der Waals surface area contributed by atoms with Crippen molar-refractivity contribution >= 4 is 0 Å². The molecule has 1 aromatic heterocycles. The Bertz CT molecular complexity index is 508. The average molecular weight is 250 g/mol. The van der Waals surface area contributed by atoms with Crippen LogP contribution in [-0.2, 0) is 13.2 Å². The third kappa shape index (κ3) is 2.75. The summed E-state index contributed by atoms with van der Waals surface area (Å²) in [6.45, 7) is 0.518. The Kier molecular flexibility index (Phi) is 4.07. The first-order chi connectivity index (χ1) is 8.74. The highest BCUT2D eigenvalue weighted by Crippen LogP contribution is 2.19. The molecule has 0 unspecified atom stereocenters. The van der Waals surface area contributed by atoms with Gasteiger partial charge in [0.15, 0.2) is 0 Å². The predicted octanol–water partition coefficient (Wildman–Crippen LogP) is 1.56. The normalized spacial score (nSPS) is 10.8. The summed E-state index contributed by atoms with van der Waals surface area (Å²) in [5.41, 5.74) is 2.17. The molecule has 1 heterocycles. The summed E-state index contributed by atoms with van der Waals surface area (Å²) in [6, 6.07) is 7.82. The van der Waals surface area contributed by atoms with Gasteiger partial charge < -0.3 is 10.2 Å². The average Bonchev–Trinajstić information content (AvgIpc) is 2.80. The van der Waals surface area contributed by atoms with E-state index in [4.69, 9.17) is 5.11 Å². The monoisotopic (exact) mass is 250 g/mol. The smallest absolute Gasteiger partial charge is 0.123 e. The molecule has 96 valence electrons. The number of aryl methyl sites for hydroxylation is 1. The number of benzene rings is 1. The maximum atomic E-state index is 12.8. The first kappa shape index (κ1) is 12.7. The first-order valence-corrected chi connectivity index (χ1v) is 5.79. The second-order valence-electron chi connectivity index (χ2n) is 3.99. The van der Waals surface area contributed by atoms with Crippen molar-refractivity contribution in [3.8, 4) is 11.3 Å². The summed E-state index contributed by atoms with van der Waals surface area (Å²) in [5, 5.41) is 22.4. The van der Waals surface area contributed by atoms with Crippen molar-refractivity contribution < 1.29 is 14.6 Å². The van der Waals surface area contributed by atoms with Gasteiger partial charge in [-0.2, -0.15) is 5.10 Å². The molecular weight excluding hydrogens is 235 g/mol. The molecular formula is C13H15FN2O2. The molecule has 0 aliphatic heterocycles. The molecule has 1 aromatic carbocycles. The first-order valence-electron chi connectivity index (χ1n) is 5.79. The molecule has 0 bridgehead atoms. The Labute approximate surface area is 104 Å². The molecule has 0 fully saturated rings. The highest BCUT2D eigenvalue weighted by molar-refractivity contribution is 5.59. The summed E-state index contributed by atoms with van der Waals surface area (Å²) in [6.07, 6.45) is 0.581. The molecule has 5 heteroatoms. The second-order valence-corrected chi connectivity index (χ2v) is 3.99. The molecule has 0 aliphatic carbocycles. The van der Waals surface area contributed by atoms with Crippen LogP contribution in [0.25, 0.3) is 11.3 Å². The van der Waals surface area contributed by atoms with Crippen LogP contribution in [0, 0.1) is 5.82 Å². The minimum atomic E-state index is -0.291. The van der Waals surface area contributed by atoms with Crippen LogP contribution in [0.1, 0.15) is 12.1 Å². The lowest BCUT2D eigenvalue weighted by atomic mass is 10.1. The molecule has 0 saturated heterocycles. The predicted molar refractivity (Wildman–Crippen MR) is 65.2 cm³/mol. The van der Waals surface area contributed by atoms with Gasteiger partial charge in [0.2, 0.25) is 0 Å². The zero-order valence-electron chi connectivity index (χ0n) is 9.88. The Morgan fingerprint density at radius 1 is 1.17 bits per heavy atom. The fraction of sp³-hybridized carbons (Fsp3) is 0.308. The number of aromatic nitrogens is 2. The fourth-order valence-electron chi connectivity index (χ4n) is 1.76. The van der Waals surface area contributed by atoms with Gasteiger partial charge in [-0.1, -0.05) is 0 Å². The number of nitrogens with zero attached hydrogens (tertiary/aromatic N) is 2. The van der Waals surface area contributed by atoms with E-state index >= 15 is 0 Å². The van der Waals surface area contributed by atoms with Gasteiger partial charge in [0.25, 0.3) is 0 Å². The van der Waals surface area contributed by atoms with Crippen molar-refractivity contribution in [2.45, 2.75) is 19.6 Å². The largest absolute Gasteiger partial charge is 0.396 e. The molecule has 2 N–H and O–H groups in total. The molecule has 4 nitrogen and oxygen atoms in total. The van der Waals surface area contributed by atoms with Crippen LogP contribution in [-0.4, -0.2) is 26.6 Å². The Balaban J connectivity index is 2.28. The van der Waals surface area contributed by atoms with Crippen LogP contribution in [0.15, 0.2) is 30.3 Å². The van der Waals surface area contributed by atoms with Gasteiger partial charge in [0.05, 0.1) is 18.0 Å². The zero-order chi connectivity index (χ0) is 13.0.